The van der Waals surface area contributed by atoms with E-state index in [4.69, 9.17) is 16.3 Å². The normalized spacial score (nSPS) is 14.9. The zero-order chi connectivity index (χ0) is 20.4. The van der Waals surface area contributed by atoms with Crippen LogP contribution in [0.25, 0.3) is 10.2 Å². The van der Waals surface area contributed by atoms with Crippen molar-refractivity contribution in [1.29, 1.82) is 0 Å². The number of likely N-dealkylation sites (tertiary alicyclic amines) is 1. The van der Waals surface area contributed by atoms with E-state index in [1.165, 1.54) is 6.07 Å². The maximum absolute atomic E-state index is 13.8. The Kier molecular flexibility index (Phi) is 5.82. The smallest absolute Gasteiger partial charge is 0.317 e. The largest absolute Gasteiger partial charge is 0.467 e. The number of carbonyl (C=O) groups excluding carboxylic acids is 1. The highest BCUT2D eigenvalue weighted by Gasteiger charge is 2.25. The molecule has 0 radical (unpaired) electrons. The molecule has 1 saturated heterocycles. The Bertz CT molecular complexity index is 1020. The van der Waals surface area contributed by atoms with Crippen LogP contribution in [0.2, 0.25) is 5.02 Å². The summed E-state index contributed by atoms with van der Waals surface area (Å²) in [5.41, 5.74) is 1.09. The van der Waals surface area contributed by atoms with Crippen LogP contribution in [-0.4, -0.2) is 35.1 Å². The summed E-state index contributed by atoms with van der Waals surface area (Å²) in [5, 5.41) is 3.87. The number of amides is 2. The van der Waals surface area contributed by atoms with Crippen LogP contribution < -0.4 is 10.1 Å². The third-order valence-corrected chi connectivity index (χ3v) is 5.89. The van der Waals surface area contributed by atoms with E-state index in [1.54, 1.807) is 17.0 Å². The van der Waals surface area contributed by atoms with E-state index >= 15 is 0 Å². The Hall–Kier alpha value is -2.45. The molecule has 2 aromatic carbocycles. The second-order valence-electron chi connectivity index (χ2n) is 6.80. The van der Waals surface area contributed by atoms with Gasteiger partial charge in [0.2, 0.25) is 0 Å². The summed E-state index contributed by atoms with van der Waals surface area (Å²) < 4.78 is 33.4. The lowest BCUT2D eigenvalue weighted by atomic mass is 10.1. The molecule has 1 aromatic heterocycles. The van der Waals surface area contributed by atoms with Gasteiger partial charge < -0.3 is 15.0 Å². The number of aromatic nitrogens is 1. The molecular formula is C20H18ClF2N3O2S. The van der Waals surface area contributed by atoms with Crippen LogP contribution in [0.15, 0.2) is 36.4 Å². The average molecular weight is 438 g/mol. The summed E-state index contributed by atoms with van der Waals surface area (Å²) in [4.78, 5) is 18.2. The number of nitrogens with zero attached hydrogens (tertiary/aromatic N) is 2. The molecule has 1 N–H and O–H groups in total. The lowest BCUT2D eigenvalue weighted by molar-refractivity contribution is 0.111. The summed E-state index contributed by atoms with van der Waals surface area (Å²) >= 11 is 6.98. The number of hydrogen-bond acceptors (Lipinski definition) is 4. The van der Waals surface area contributed by atoms with E-state index in [0.29, 0.717) is 47.4 Å². The van der Waals surface area contributed by atoms with Crippen LogP contribution in [-0.2, 0) is 6.54 Å². The van der Waals surface area contributed by atoms with Gasteiger partial charge in [-0.25, -0.2) is 13.6 Å². The highest BCUT2D eigenvalue weighted by atomic mass is 35.5. The van der Waals surface area contributed by atoms with E-state index < -0.39 is 11.6 Å². The Labute approximate surface area is 175 Å². The maximum Gasteiger partial charge on any atom is 0.317 e. The molecule has 1 aliphatic heterocycles. The van der Waals surface area contributed by atoms with Gasteiger partial charge in [0, 0.05) is 43.6 Å². The standard InChI is InChI=1S/C20H18ClF2N3O2S/c21-13-3-1-12(2-4-13)11-24-19(27)26-7-5-15(6-8-26)28-20-25-18-16(23)9-14(22)10-17(18)29-20/h1-4,9-10,15H,5-8,11H2,(H,24,27). The van der Waals surface area contributed by atoms with E-state index in [2.05, 4.69) is 10.3 Å². The topological polar surface area (TPSA) is 54.5 Å². The summed E-state index contributed by atoms with van der Waals surface area (Å²) in [5.74, 6) is -1.33. The SMILES string of the molecule is O=C(NCc1ccc(Cl)cc1)N1CCC(Oc2nc3c(F)cc(F)cc3s2)CC1. The lowest BCUT2D eigenvalue weighted by Gasteiger charge is -2.31. The molecule has 4 rings (SSSR count). The van der Waals surface area contributed by atoms with Gasteiger partial charge in [0.25, 0.3) is 5.19 Å². The number of rotatable bonds is 4. The summed E-state index contributed by atoms with van der Waals surface area (Å²) in [7, 11) is 0. The molecule has 0 atom stereocenters. The van der Waals surface area contributed by atoms with Crippen molar-refractivity contribution < 1.29 is 18.3 Å². The van der Waals surface area contributed by atoms with E-state index in [-0.39, 0.29) is 17.7 Å². The summed E-state index contributed by atoms with van der Waals surface area (Å²) in [6.07, 6.45) is 1.16. The number of fused-ring (bicyclic) bond motifs is 1. The molecule has 9 heteroatoms. The van der Waals surface area contributed by atoms with E-state index in [0.717, 1.165) is 23.0 Å². The van der Waals surface area contributed by atoms with E-state index in [1.807, 2.05) is 12.1 Å². The van der Waals surface area contributed by atoms with Gasteiger partial charge in [0.05, 0.1) is 4.70 Å². The van der Waals surface area contributed by atoms with Gasteiger partial charge in [-0.1, -0.05) is 35.1 Å². The van der Waals surface area contributed by atoms with E-state index in [9.17, 15) is 13.6 Å². The molecule has 0 spiro atoms. The molecule has 2 amide bonds. The Morgan fingerprint density at radius 1 is 1.24 bits per heavy atom. The minimum atomic E-state index is -0.696. The quantitative estimate of drug-likeness (QED) is 0.626. The first-order chi connectivity index (χ1) is 14.0. The predicted molar refractivity (Wildman–Crippen MR) is 108 cm³/mol. The maximum atomic E-state index is 13.8. The Morgan fingerprint density at radius 2 is 1.97 bits per heavy atom. The van der Waals surface area contributed by atoms with Crippen LogP contribution in [0, 0.1) is 11.6 Å². The minimum Gasteiger partial charge on any atom is -0.467 e. The van der Waals surface area contributed by atoms with Crippen molar-refractivity contribution in [3.8, 4) is 5.19 Å². The number of halogens is 3. The van der Waals surface area contributed by atoms with Crippen molar-refractivity contribution in [2.24, 2.45) is 0 Å². The van der Waals surface area contributed by atoms with Crippen molar-refractivity contribution >= 4 is 39.2 Å². The van der Waals surface area contributed by atoms with Gasteiger partial charge in [-0.3, -0.25) is 0 Å². The van der Waals surface area contributed by atoms with Gasteiger partial charge in [0.1, 0.15) is 17.4 Å². The summed E-state index contributed by atoms with van der Waals surface area (Å²) in [6.45, 7) is 1.52. The zero-order valence-corrected chi connectivity index (χ0v) is 16.9. The highest BCUT2D eigenvalue weighted by molar-refractivity contribution is 7.20. The predicted octanol–water partition coefficient (Wildman–Crippen LogP) is 4.98. The fourth-order valence-electron chi connectivity index (χ4n) is 3.20. The molecule has 3 aromatic rings. The molecule has 0 aliphatic carbocycles. The molecule has 152 valence electrons. The first-order valence-corrected chi connectivity index (χ1v) is 10.4. The molecule has 2 heterocycles. The molecule has 0 bridgehead atoms. The Morgan fingerprint density at radius 3 is 2.69 bits per heavy atom. The van der Waals surface area contributed by atoms with Crippen molar-refractivity contribution in [3.05, 3.63) is 58.6 Å². The number of ether oxygens (including phenoxy) is 1. The van der Waals surface area contributed by atoms with Gasteiger partial charge >= 0.3 is 6.03 Å². The number of thiazole rings is 1. The number of piperidine rings is 1. The van der Waals surface area contributed by atoms with Crippen LogP contribution in [0.4, 0.5) is 13.6 Å². The van der Waals surface area contributed by atoms with Crippen molar-refractivity contribution in [2.45, 2.75) is 25.5 Å². The fraction of sp³-hybridized carbons (Fsp3) is 0.300. The number of benzene rings is 2. The molecule has 5 nitrogen and oxygen atoms in total. The zero-order valence-electron chi connectivity index (χ0n) is 15.3. The number of hydrogen-bond donors (Lipinski definition) is 1. The molecule has 1 aliphatic rings. The molecule has 0 saturated carbocycles. The van der Waals surface area contributed by atoms with Crippen LogP contribution >= 0.6 is 22.9 Å². The molecule has 0 unspecified atom stereocenters. The third-order valence-electron chi connectivity index (χ3n) is 4.75. The third kappa shape index (κ3) is 4.76. The van der Waals surface area contributed by atoms with Gasteiger partial charge in [-0.2, -0.15) is 4.98 Å². The highest BCUT2D eigenvalue weighted by Crippen LogP contribution is 2.31. The van der Waals surface area contributed by atoms with Gasteiger partial charge in [0.15, 0.2) is 5.82 Å². The fourth-order valence-corrected chi connectivity index (χ4v) is 4.24. The number of nitrogens with one attached hydrogen (secondary N) is 1. The van der Waals surface area contributed by atoms with Crippen molar-refractivity contribution in [3.63, 3.8) is 0 Å². The number of carbonyl (C=O) groups is 1. The second-order valence-corrected chi connectivity index (χ2v) is 8.23. The first-order valence-electron chi connectivity index (χ1n) is 9.17. The number of urea groups is 1. The lowest BCUT2D eigenvalue weighted by Crippen LogP contribution is -2.46. The van der Waals surface area contributed by atoms with Crippen LogP contribution in [0.1, 0.15) is 18.4 Å². The minimum absolute atomic E-state index is 0.116. The van der Waals surface area contributed by atoms with Crippen LogP contribution in [0.5, 0.6) is 5.19 Å². The first kappa shape index (κ1) is 19.8. The monoisotopic (exact) mass is 437 g/mol. The molecule has 29 heavy (non-hydrogen) atoms. The second kappa shape index (κ2) is 8.51. The summed E-state index contributed by atoms with van der Waals surface area (Å²) in [6, 6.07) is 9.24. The van der Waals surface area contributed by atoms with Crippen molar-refractivity contribution in [1.82, 2.24) is 15.2 Å². The molecular weight excluding hydrogens is 420 g/mol. The average Bonchev–Trinajstić information content (AvgIpc) is 3.10. The molecule has 1 fully saturated rings. The van der Waals surface area contributed by atoms with Crippen LogP contribution in [0.3, 0.4) is 0 Å². The van der Waals surface area contributed by atoms with Gasteiger partial charge in [-0.05, 0) is 23.8 Å². The Balaban J connectivity index is 1.28. The van der Waals surface area contributed by atoms with Crippen molar-refractivity contribution in [2.75, 3.05) is 13.1 Å². The van der Waals surface area contributed by atoms with Gasteiger partial charge in [-0.15, -0.1) is 0 Å².